The van der Waals surface area contributed by atoms with Crippen molar-refractivity contribution >= 4 is 16.9 Å². The molecule has 0 aliphatic heterocycles. The number of amides is 1. The summed E-state index contributed by atoms with van der Waals surface area (Å²) in [7, 11) is 1.76. The van der Waals surface area contributed by atoms with Gasteiger partial charge in [0.15, 0.2) is 0 Å². The van der Waals surface area contributed by atoms with Gasteiger partial charge in [-0.1, -0.05) is 24.3 Å². The number of pyridine rings is 1. The van der Waals surface area contributed by atoms with Crippen LogP contribution in [-0.4, -0.2) is 22.4 Å². The molecule has 3 aromatic rings. The number of aryl methyl sites for hydroxylation is 1. The molecule has 1 amide bonds. The Labute approximate surface area is 140 Å². The van der Waals surface area contributed by atoms with E-state index in [2.05, 4.69) is 0 Å². The molecule has 5 nitrogen and oxygen atoms in total. The molecule has 0 aliphatic carbocycles. The van der Waals surface area contributed by atoms with Gasteiger partial charge in [0.1, 0.15) is 11.3 Å². The molecule has 0 aliphatic rings. The van der Waals surface area contributed by atoms with E-state index >= 15 is 0 Å². The number of carbonyl (C=O) groups excluding carboxylic acids is 1. The summed E-state index contributed by atoms with van der Waals surface area (Å²) in [6.07, 6.45) is 1.96. The van der Waals surface area contributed by atoms with Gasteiger partial charge in [-0.3, -0.25) is 9.59 Å². The van der Waals surface area contributed by atoms with Gasteiger partial charge in [0.25, 0.3) is 5.56 Å². The van der Waals surface area contributed by atoms with Gasteiger partial charge in [-0.25, -0.2) is 0 Å². The molecule has 0 N–H and O–H groups in total. The van der Waals surface area contributed by atoms with Crippen LogP contribution in [0.2, 0.25) is 0 Å². The Morgan fingerprint density at radius 2 is 1.96 bits per heavy atom. The predicted octanol–water partition coefficient (Wildman–Crippen LogP) is 3.20. The molecular weight excluding hydrogens is 304 g/mol. The van der Waals surface area contributed by atoms with Crippen molar-refractivity contribution in [3.05, 3.63) is 70.8 Å². The quantitative estimate of drug-likeness (QED) is 0.724. The number of carbonyl (C=O) groups is 1. The third kappa shape index (κ3) is 3.25. The first-order valence-electron chi connectivity index (χ1n) is 7.96. The Kier molecular flexibility index (Phi) is 4.51. The highest BCUT2D eigenvalue weighted by molar-refractivity contribution is 5.79. The second-order valence-corrected chi connectivity index (χ2v) is 5.85. The minimum absolute atomic E-state index is 0.0290. The van der Waals surface area contributed by atoms with Crippen LogP contribution in [0.15, 0.2) is 63.9 Å². The van der Waals surface area contributed by atoms with Gasteiger partial charge in [-0.05, 0) is 25.1 Å². The van der Waals surface area contributed by atoms with Crippen LogP contribution >= 0.6 is 0 Å². The Morgan fingerprint density at radius 3 is 2.71 bits per heavy atom. The number of rotatable bonds is 5. The van der Waals surface area contributed by atoms with Gasteiger partial charge in [0.05, 0.1) is 6.04 Å². The van der Waals surface area contributed by atoms with E-state index in [4.69, 9.17) is 4.42 Å². The third-order valence-electron chi connectivity index (χ3n) is 4.30. The normalized spacial score (nSPS) is 12.2. The molecule has 2 heterocycles. The van der Waals surface area contributed by atoms with Gasteiger partial charge in [0.2, 0.25) is 5.91 Å². The van der Waals surface area contributed by atoms with Crippen LogP contribution in [0.1, 0.15) is 25.1 Å². The number of fused-ring (bicyclic) bond motifs is 1. The Balaban J connectivity index is 1.68. The van der Waals surface area contributed by atoms with E-state index in [9.17, 15) is 9.59 Å². The zero-order valence-electron chi connectivity index (χ0n) is 13.8. The fraction of sp³-hybridized carbons (Fsp3) is 0.263. The van der Waals surface area contributed by atoms with Crippen molar-refractivity contribution in [2.75, 3.05) is 7.05 Å². The van der Waals surface area contributed by atoms with Crippen LogP contribution in [0.25, 0.3) is 11.0 Å². The molecule has 0 bridgehead atoms. The molecule has 2 aromatic heterocycles. The molecule has 0 saturated heterocycles. The average molecular weight is 324 g/mol. The van der Waals surface area contributed by atoms with Crippen molar-refractivity contribution in [2.45, 2.75) is 25.9 Å². The van der Waals surface area contributed by atoms with Crippen LogP contribution in [0.4, 0.5) is 0 Å². The molecule has 24 heavy (non-hydrogen) atoms. The molecule has 0 spiro atoms. The Bertz CT molecular complexity index is 877. The van der Waals surface area contributed by atoms with Crippen molar-refractivity contribution in [2.24, 2.45) is 0 Å². The van der Waals surface area contributed by atoms with Crippen molar-refractivity contribution in [3.63, 3.8) is 0 Å². The highest BCUT2D eigenvalue weighted by Crippen LogP contribution is 2.26. The lowest BCUT2D eigenvalue weighted by Crippen LogP contribution is -2.31. The van der Waals surface area contributed by atoms with E-state index in [1.165, 1.54) is 10.6 Å². The van der Waals surface area contributed by atoms with Gasteiger partial charge in [-0.15, -0.1) is 0 Å². The molecule has 3 rings (SSSR count). The SMILES string of the molecule is CC(c1cc2ccccc2o1)N(C)C(=O)CCn1ccccc1=O. The zero-order valence-corrected chi connectivity index (χ0v) is 13.8. The summed E-state index contributed by atoms with van der Waals surface area (Å²) in [5.41, 5.74) is 0.717. The summed E-state index contributed by atoms with van der Waals surface area (Å²) in [5.74, 6) is 0.725. The first-order chi connectivity index (χ1) is 11.6. The lowest BCUT2D eigenvalue weighted by atomic mass is 10.2. The number of hydrogen-bond acceptors (Lipinski definition) is 3. The summed E-state index contributed by atoms with van der Waals surface area (Å²) in [6.45, 7) is 2.31. The standard InChI is InChI=1S/C19H20N2O3/c1-14(17-13-15-7-3-4-8-16(15)24-17)20(2)18(22)10-12-21-11-6-5-9-19(21)23/h3-9,11,13-14H,10,12H2,1-2H3. The maximum Gasteiger partial charge on any atom is 0.250 e. The lowest BCUT2D eigenvalue weighted by molar-refractivity contribution is -0.132. The van der Waals surface area contributed by atoms with Crippen molar-refractivity contribution in [3.8, 4) is 0 Å². The summed E-state index contributed by atoms with van der Waals surface area (Å²) in [4.78, 5) is 25.8. The van der Waals surface area contributed by atoms with Gasteiger partial charge >= 0.3 is 0 Å². The minimum Gasteiger partial charge on any atom is -0.459 e. The molecule has 124 valence electrons. The van der Waals surface area contributed by atoms with Crippen molar-refractivity contribution in [1.82, 2.24) is 9.47 Å². The maximum atomic E-state index is 12.4. The Hall–Kier alpha value is -2.82. The average Bonchev–Trinajstić information content (AvgIpc) is 3.03. The van der Waals surface area contributed by atoms with Crippen LogP contribution in [0.5, 0.6) is 0 Å². The Morgan fingerprint density at radius 1 is 1.21 bits per heavy atom. The molecule has 1 unspecified atom stereocenters. The summed E-state index contributed by atoms with van der Waals surface area (Å²) >= 11 is 0. The second kappa shape index (κ2) is 6.74. The minimum atomic E-state index is -0.169. The monoisotopic (exact) mass is 324 g/mol. The number of hydrogen-bond donors (Lipinski definition) is 0. The van der Waals surface area contributed by atoms with E-state index in [1.807, 2.05) is 37.3 Å². The van der Waals surface area contributed by atoms with Crippen molar-refractivity contribution in [1.29, 1.82) is 0 Å². The van der Waals surface area contributed by atoms with E-state index < -0.39 is 0 Å². The highest BCUT2D eigenvalue weighted by Gasteiger charge is 2.20. The summed E-state index contributed by atoms with van der Waals surface area (Å²) in [6, 6.07) is 14.5. The summed E-state index contributed by atoms with van der Waals surface area (Å²) < 4.78 is 7.37. The zero-order chi connectivity index (χ0) is 17.1. The fourth-order valence-electron chi connectivity index (χ4n) is 2.65. The van der Waals surface area contributed by atoms with Gasteiger partial charge < -0.3 is 13.9 Å². The topological polar surface area (TPSA) is 55.5 Å². The van der Waals surface area contributed by atoms with Crippen LogP contribution < -0.4 is 5.56 Å². The molecule has 0 radical (unpaired) electrons. The lowest BCUT2D eigenvalue weighted by Gasteiger charge is -2.23. The van der Waals surface area contributed by atoms with Crippen molar-refractivity contribution < 1.29 is 9.21 Å². The highest BCUT2D eigenvalue weighted by atomic mass is 16.3. The first-order valence-corrected chi connectivity index (χ1v) is 7.96. The molecule has 1 aromatic carbocycles. The van der Waals surface area contributed by atoms with Crippen LogP contribution in [0.3, 0.4) is 0 Å². The molecule has 1 atom stereocenters. The largest absolute Gasteiger partial charge is 0.459 e. The van der Waals surface area contributed by atoms with E-state index in [-0.39, 0.29) is 23.9 Å². The van der Waals surface area contributed by atoms with Crippen LogP contribution in [0, 0.1) is 0 Å². The number of nitrogens with zero attached hydrogens (tertiary/aromatic N) is 2. The smallest absolute Gasteiger partial charge is 0.250 e. The number of aromatic nitrogens is 1. The molecule has 0 saturated carbocycles. The first kappa shape index (κ1) is 16.1. The molecule has 0 fully saturated rings. The van der Waals surface area contributed by atoms with Gasteiger partial charge in [0, 0.05) is 37.7 Å². The number of para-hydroxylation sites is 1. The second-order valence-electron chi connectivity index (χ2n) is 5.85. The van der Waals surface area contributed by atoms with E-state index in [0.29, 0.717) is 6.54 Å². The van der Waals surface area contributed by atoms with E-state index in [1.54, 1.807) is 30.3 Å². The third-order valence-corrected chi connectivity index (χ3v) is 4.30. The predicted molar refractivity (Wildman–Crippen MR) is 92.7 cm³/mol. The van der Waals surface area contributed by atoms with Gasteiger partial charge in [-0.2, -0.15) is 0 Å². The maximum absolute atomic E-state index is 12.4. The van der Waals surface area contributed by atoms with E-state index in [0.717, 1.165) is 16.7 Å². The fourth-order valence-corrected chi connectivity index (χ4v) is 2.65. The molecule has 5 heteroatoms. The summed E-state index contributed by atoms with van der Waals surface area (Å²) in [5, 5.41) is 1.02. The number of benzene rings is 1. The number of furan rings is 1. The molecular formula is C19H20N2O3. The van der Waals surface area contributed by atoms with Crippen LogP contribution in [-0.2, 0) is 11.3 Å².